The number of nitrogens with zero attached hydrogens (tertiary/aromatic N) is 1. The fourth-order valence-corrected chi connectivity index (χ4v) is 2.16. The van der Waals surface area contributed by atoms with E-state index in [0.717, 1.165) is 12.5 Å². The van der Waals surface area contributed by atoms with Gasteiger partial charge in [0.2, 0.25) is 0 Å². The van der Waals surface area contributed by atoms with Crippen LogP contribution in [-0.4, -0.2) is 33.1 Å². The van der Waals surface area contributed by atoms with Crippen molar-refractivity contribution in [1.29, 1.82) is 0 Å². The van der Waals surface area contributed by atoms with Gasteiger partial charge in [-0.15, -0.1) is 0 Å². The summed E-state index contributed by atoms with van der Waals surface area (Å²) < 4.78 is 13.5. The number of aromatic nitrogens is 2. The van der Waals surface area contributed by atoms with Crippen LogP contribution in [0.2, 0.25) is 0 Å². The third kappa shape index (κ3) is 3.21. The predicted molar refractivity (Wildman–Crippen MR) is 78.5 cm³/mol. The Morgan fingerprint density at radius 1 is 1.57 bits per heavy atom. The van der Waals surface area contributed by atoms with E-state index in [4.69, 9.17) is 0 Å². The van der Waals surface area contributed by atoms with Gasteiger partial charge < -0.3 is 15.4 Å². The second-order valence-corrected chi connectivity index (χ2v) is 5.60. The summed E-state index contributed by atoms with van der Waals surface area (Å²) in [5, 5.41) is 13.0. The van der Waals surface area contributed by atoms with Crippen LogP contribution in [0.25, 0.3) is 11.0 Å². The molecule has 0 fully saturated rings. The topological polar surface area (TPSA) is 78.0 Å². The van der Waals surface area contributed by atoms with Crippen LogP contribution in [0.4, 0.5) is 4.39 Å². The average Bonchev–Trinajstić information content (AvgIpc) is 2.90. The van der Waals surface area contributed by atoms with E-state index in [1.165, 1.54) is 12.4 Å². The van der Waals surface area contributed by atoms with Crippen LogP contribution in [0, 0.1) is 11.7 Å². The van der Waals surface area contributed by atoms with Gasteiger partial charge in [0.1, 0.15) is 11.3 Å². The van der Waals surface area contributed by atoms with Crippen molar-refractivity contribution in [1.82, 2.24) is 15.3 Å². The van der Waals surface area contributed by atoms with Crippen LogP contribution in [0.15, 0.2) is 18.5 Å². The number of aliphatic hydroxyl groups is 1. The van der Waals surface area contributed by atoms with Gasteiger partial charge in [-0.2, -0.15) is 0 Å². The molecule has 21 heavy (non-hydrogen) atoms. The number of rotatable bonds is 5. The minimum absolute atomic E-state index is 0.0377. The van der Waals surface area contributed by atoms with Gasteiger partial charge in [-0.25, -0.2) is 9.37 Å². The van der Waals surface area contributed by atoms with Crippen LogP contribution in [-0.2, 0) is 0 Å². The normalized spacial score (nSPS) is 15.7. The molecule has 0 saturated carbocycles. The molecule has 1 aromatic carbocycles. The van der Waals surface area contributed by atoms with Crippen molar-refractivity contribution in [3.05, 3.63) is 29.8 Å². The Morgan fingerprint density at radius 2 is 2.29 bits per heavy atom. The quantitative estimate of drug-likeness (QED) is 0.791. The molecule has 114 valence electrons. The summed E-state index contributed by atoms with van der Waals surface area (Å²) in [6.45, 7) is 5.67. The van der Waals surface area contributed by atoms with Crippen LogP contribution >= 0.6 is 0 Å². The van der Waals surface area contributed by atoms with Crippen molar-refractivity contribution < 1.29 is 14.3 Å². The zero-order chi connectivity index (χ0) is 15.6. The summed E-state index contributed by atoms with van der Waals surface area (Å²) in [4.78, 5) is 19.0. The maximum absolute atomic E-state index is 13.5. The van der Waals surface area contributed by atoms with Gasteiger partial charge in [-0.3, -0.25) is 4.79 Å². The molecule has 2 unspecified atom stereocenters. The number of benzene rings is 1. The van der Waals surface area contributed by atoms with Crippen molar-refractivity contribution in [2.24, 2.45) is 5.92 Å². The molecule has 1 amide bonds. The molecule has 0 aliphatic carbocycles. The van der Waals surface area contributed by atoms with Gasteiger partial charge in [-0.05, 0) is 25.0 Å². The van der Waals surface area contributed by atoms with Crippen LogP contribution < -0.4 is 5.32 Å². The molecule has 2 aromatic rings. The van der Waals surface area contributed by atoms with E-state index in [9.17, 15) is 14.3 Å². The average molecular weight is 293 g/mol. The zero-order valence-electron chi connectivity index (χ0n) is 12.4. The first-order valence-electron chi connectivity index (χ1n) is 6.98. The number of aromatic amines is 1. The Kier molecular flexibility index (Phi) is 4.27. The van der Waals surface area contributed by atoms with E-state index in [2.05, 4.69) is 15.3 Å². The molecule has 1 aromatic heterocycles. The Morgan fingerprint density at radius 3 is 2.95 bits per heavy atom. The molecule has 6 heteroatoms. The molecule has 0 aliphatic rings. The van der Waals surface area contributed by atoms with Crippen LogP contribution in [0.5, 0.6) is 0 Å². The number of carbonyl (C=O) groups is 1. The minimum atomic E-state index is -1.01. The molecule has 3 N–H and O–H groups in total. The molecule has 5 nitrogen and oxygen atoms in total. The Labute approximate surface area is 122 Å². The first-order chi connectivity index (χ1) is 9.85. The molecule has 0 saturated heterocycles. The summed E-state index contributed by atoms with van der Waals surface area (Å²) in [7, 11) is 0. The predicted octanol–water partition coefficient (Wildman–Crippen LogP) is 2.23. The molecular weight excluding hydrogens is 273 g/mol. The van der Waals surface area contributed by atoms with Crippen LogP contribution in [0.1, 0.15) is 37.6 Å². The van der Waals surface area contributed by atoms with Gasteiger partial charge in [0.15, 0.2) is 0 Å². The maximum Gasteiger partial charge on any atom is 0.253 e. The number of hydrogen-bond donors (Lipinski definition) is 3. The number of carbonyl (C=O) groups excluding carboxylic acids is 1. The molecule has 1 heterocycles. The Balaban J connectivity index is 2.18. The second-order valence-electron chi connectivity index (χ2n) is 5.60. The number of halogens is 1. The highest BCUT2D eigenvalue weighted by atomic mass is 19.1. The monoisotopic (exact) mass is 293 g/mol. The van der Waals surface area contributed by atoms with Gasteiger partial charge >= 0.3 is 0 Å². The number of nitrogens with one attached hydrogen (secondary N) is 2. The fraction of sp³-hybridized carbons (Fsp3) is 0.467. The summed E-state index contributed by atoms with van der Waals surface area (Å²) >= 11 is 0. The molecule has 0 bridgehead atoms. The number of H-pyrrole nitrogens is 1. The minimum Gasteiger partial charge on any atom is -0.388 e. The van der Waals surface area contributed by atoms with E-state index in [-0.39, 0.29) is 18.0 Å². The van der Waals surface area contributed by atoms with Crippen molar-refractivity contribution in [3.63, 3.8) is 0 Å². The zero-order valence-corrected chi connectivity index (χ0v) is 12.4. The lowest BCUT2D eigenvalue weighted by Crippen LogP contribution is -2.45. The lowest BCUT2D eigenvalue weighted by Gasteiger charge is -2.29. The van der Waals surface area contributed by atoms with Gasteiger partial charge in [0.25, 0.3) is 5.91 Å². The molecule has 2 rings (SSSR count). The van der Waals surface area contributed by atoms with Crippen molar-refractivity contribution >= 4 is 16.9 Å². The highest BCUT2D eigenvalue weighted by molar-refractivity contribution is 6.04. The third-order valence-electron chi connectivity index (χ3n) is 4.01. The van der Waals surface area contributed by atoms with E-state index >= 15 is 0 Å². The molecular formula is C15H20FN3O2. The van der Waals surface area contributed by atoms with E-state index in [1.807, 2.05) is 13.8 Å². The maximum atomic E-state index is 13.5. The first-order valence-corrected chi connectivity index (χ1v) is 6.98. The largest absolute Gasteiger partial charge is 0.388 e. The van der Waals surface area contributed by atoms with Crippen molar-refractivity contribution in [3.8, 4) is 0 Å². The smallest absolute Gasteiger partial charge is 0.253 e. The first kappa shape index (κ1) is 15.4. The lowest BCUT2D eigenvalue weighted by atomic mass is 9.88. The standard InChI is InChI=1S/C15H20FN3O2/c1-4-9(2)15(3,21)7-17-14(20)11-5-10(16)6-12-13(11)19-8-18-12/h5-6,8-9,21H,4,7H2,1-3H3,(H,17,20)(H,18,19). The summed E-state index contributed by atoms with van der Waals surface area (Å²) in [6.07, 6.45) is 2.21. The molecule has 2 atom stereocenters. The van der Waals surface area contributed by atoms with Crippen LogP contribution in [0.3, 0.4) is 0 Å². The van der Waals surface area contributed by atoms with Crippen molar-refractivity contribution in [2.45, 2.75) is 32.8 Å². The Bertz CT molecular complexity index is 651. The highest BCUT2D eigenvalue weighted by Crippen LogP contribution is 2.20. The fourth-order valence-electron chi connectivity index (χ4n) is 2.16. The number of hydrogen-bond acceptors (Lipinski definition) is 3. The second kappa shape index (κ2) is 5.81. The molecule has 0 spiro atoms. The number of fused-ring (bicyclic) bond motifs is 1. The SMILES string of the molecule is CCC(C)C(C)(O)CNC(=O)c1cc(F)cc2[nH]cnc12. The van der Waals surface area contributed by atoms with E-state index < -0.39 is 17.3 Å². The van der Waals surface area contributed by atoms with Gasteiger partial charge in [-0.1, -0.05) is 20.3 Å². The van der Waals surface area contributed by atoms with E-state index in [1.54, 1.807) is 6.92 Å². The van der Waals surface area contributed by atoms with Gasteiger partial charge in [0, 0.05) is 6.54 Å². The molecule has 0 radical (unpaired) electrons. The number of imidazole rings is 1. The molecule has 0 aliphatic heterocycles. The highest BCUT2D eigenvalue weighted by Gasteiger charge is 2.28. The summed E-state index contributed by atoms with van der Waals surface area (Å²) in [5.74, 6) is -0.920. The third-order valence-corrected chi connectivity index (χ3v) is 4.01. The van der Waals surface area contributed by atoms with Gasteiger partial charge in [0.05, 0.1) is 23.0 Å². The van der Waals surface area contributed by atoms with Crippen molar-refractivity contribution in [2.75, 3.05) is 6.54 Å². The summed E-state index contributed by atoms with van der Waals surface area (Å²) in [6, 6.07) is 2.44. The van der Waals surface area contributed by atoms with E-state index in [0.29, 0.717) is 11.0 Å². The number of amides is 1. The summed E-state index contributed by atoms with van der Waals surface area (Å²) in [5.41, 5.74) is 0.0275. The Hall–Kier alpha value is -1.95. The lowest BCUT2D eigenvalue weighted by molar-refractivity contribution is 0.00594.